The van der Waals surface area contributed by atoms with Gasteiger partial charge in [-0.2, -0.15) is 0 Å². The fourth-order valence-corrected chi connectivity index (χ4v) is 2.59. The lowest BCUT2D eigenvalue weighted by Gasteiger charge is -2.19. The second-order valence-electron chi connectivity index (χ2n) is 4.93. The summed E-state index contributed by atoms with van der Waals surface area (Å²) >= 11 is 3.52. The van der Waals surface area contributed by atoms with Gasteiger partial charge in [-0.25, -0.2) is 0 Å². The third kappa shape index (κ3) is 3.23. The number of halogens is 1. The minimum Gasteiger partial charge on any atom is -0.497 e. The molecular weight excluding hydrogens is 280 g/mol. The smallest absolute Gasteiger partial charge is 0.119 e. The van der Waals surface area contributed by atoms with Crippen molar-refractivity contribution in [2.45, 2.75) is 32.3 Å². The van der Waals surface area contributed by atoms with E-state index in [4.69, 9.17) is 4.74 Å². The van der Waals surface area contributed by atoms with Crippen molar-refractivity contribution in [2.24, 2.45) is 11.8 Å². The fraction of sp³-hybridized carbons (Fsp3) is 0.571. The highest BCUT2D eigenvalue weighted by Gasteiger charge is 2.32. The quantitative estimate of drug-likeness (QED) is 0.903. The Hall–Kier alpha value is -0.540. The fourth-order valence-electron chi connectivity index (χ4n) is 2.18. The Kier molecular flexibility index (Phi) is 4.10. The topological polar surface area (TPSA) is 29.5 Å². The molecule has 0 saturated heterocycles. The summed E-state index contributed by atoms with van der Waals surface area (Å²) in [7, 11) is 1.66. The number of aliphatic hydroxyl groups excluding tert-OH is 1. The molecule has 2 rings (SSSR count). The molecule has 3 heteroatoms. The zero-order valence-corrected chi connectivity index (χ0v) is 11.9. The molecule has 2 unspecified atom stereocenters. The van der Waals surface area contributed by atoms with Crippen molar-refractivity contribution in [2.75, 3.05) is 7.11 Å². The van der Waals surface area contributed by atoms with Crippen molar-refractivity contribution < 1.29 is 9.84 Å². The molecule has 1 aliphatic carbocycles. The van der Waals surface area contributed by atoms with E-state index in [1.54, 1.807) is 7.11 Å². The standard InChI is InChI=1S/C14H19BrO2/c1-9(10-3-4-10)14(16)8-11-7-12(17-2)5-6-13(11)15/h5-7,9-10,14,16H,3-4,8H2,1-2H3. The number of rotatable bonds is 5. The molecule has 2 nitrogen and oxygen atoms in total. The van der Waals surface area contributed by atoms with Crippen molar-refractivity contribution in [3.63, 3.8) is 0 Å². The van der Waals surface area contributed by atoms with E-state index in [0.717, 1.165) is 21.7 Å². The van der Waals surface area contributed by atoms with Crippen molar-refractivity contribution in [3.8, 4) is 5.75 Å². The van der Waals surface area contributed by atoms with Crippen LogP contribution in [0.4, 0.5) is 0 Å². The zero-order chi connectivity index (χ0) is 12.4. The molecule has 94 valence electrons. The van der Waals surface area contributed by atoms with Gasteiger partial charge in [-0.3, -0.25) is 0 Å². The van der Waals surface area contributed by atoms with E-state index < -0.39 is 0 Å². The van der Waals surface area contributed by atoms with E-state index in [0.29, 0.717) is 12.3 Å². The summed E-state index contributed by atoms with van der Waals surface area (Å²) in [4.78, 5) is 0. The predicted octanol–water partition coefficient (Wildman–Crippen LogP) is 3.41. The Morgan fingerprint density at radius 1 is 1.47 bits per heavy atom. The van der Waals surface area contributed by atoms with Crippen LogP contribution < -0.4 is 4.74 Å². The van der Waals surface area contributed by atoms with Crippen LogP contribution >= 0.6 is 15.9 Å². The Morgan fingerprint density at radius 2 is 2.18 bits per heavy atom. The van der Waals surface area contributed by atoms with Gasteiger partial charge in [0.05, 0.1) is 13.2 Å². The first-order chi connectivity index (χ1) is 8.11. The molecule has 1 aromatic rings. The van der Waals surface area contributed by atoms with Gasteiger partial charge in [-0.1, -0.05) is 22.9 Å². The number of hydrogen-bond acceptors (Lipinski definition) is 2. The number of hydrogen-bond donors (Lipinski definition) is 1. The van der Waals surface area contributed by atoms with Crippen LogP contribution in [0.25, 0.3) is 0 Å². The number of ether oxygens (including phenoxy) is 1. The van der Waals surface area contributed by atoms with E-state index in [9.17, 15) is 5.11 Å². The molecule has 17 heavy (non-hydrogen) atoms. The number of aliphatic hydroxyl groups is 1. The van der Waals surface area contributed by atoms with Crippen molar-refractivity contribution in [3.05, 3.63) is 28.2 Å². The van der Waals surface area contributed by atoms with Gasteiger partial charge in [0.15, 0.2) is 0 Å². The van der Waals surface area contributed by atoms with Crippen LogP contribution in [0.5, 0.6) is 5.75 Å². The molecule has 0 aliphatic heterocycles. The first-order valence-electron chi connectivity index (χ1n) is 6.12. The van der Waals surface area contributed by atoms with E-state index in [2.05, 4.69) is 22.9 Å². The van der Waals surface area contributed by atoms with Crippen LogP contribution in [0.15, 0.2) is 22.7 Å². The third-order valence-electron chi connectivity index (χ3n) is 3.65. The lowest BCUT2D eigenvalue weighted by Crippen LogP contribution is -2.22. The largest absolute Gasteiger partial charge is 0.497 e. The van der Waals surface area contributed by atoms with Gasteiger partial charge in [0, 0.05) is 4.47 Å². The van der Waals surface area contributed by atoms with Crippen LogP contribution in [-0.2, 0) is 6.42 Å². The molecule has 1 fully saturated rings. The normalized spacial score (nSPS) is 18.8. The maximum atomic E-state index is 10.2. The first-order valence-corrected chi connectivity index (χ1v) is 6.91. The molecule has 1 aromatic carbocycles. The summed E-state index contributed by atoms with van der Waals surface area (Å²) in [6, 6.07) is 5.89. The second kappa shape index (κ2) is 5.40. The summed E-state index contributed by atoms with van der Waals surface area (Å²) in [5.41, 5.74) is 1.12. The van der Waals surface area contributed by atoms with Gasteiger partial charge in [0.1, 0.15) is 5.75 Å². The van der Waals surface area contributed by atoms with Crippen LogP contribution in [0.1, 0.15) is 25.3 Å². The highest BCUT2D eigenvalue weighted by molar-refractivity contribution is 9.10. The molecule has 0 spiro atoms. The summed E-state index contributed by atoms with van der Waals surface area (Å²) in [5, 5.41) is 10.2. The van der Waals surface area contributed by atoms with Gasteiger partial charge in [-0.15, -0.1) is 0 Å². The number of benzene rings is 1. The summed E-state index contributed by atoms with van der Waals surface area (Å²) in [6.45, 7) is 2.15. The SMILES string of the molecule is COc1ccc(Br)c(CC(O)C(C)C2CC2)c1. The predicted molar refractivity (Wildman–Crippen MR) is 72.3 cm³/mol. The lowest BCUT2D eigenvalue weighted by molar-refractivity contribution is 0.105. The van der Waals surface area contributed by atoms with Crippen LogP contribution in [0.3, 0.4) is 0 Å². The Labute approximate surface area is 111 Å². The van der Waals surface area contributed by atoms with E-state index >= 15 is 0 Å². The monoisotopic (exact) mass is 298 g/mol. The highest BCUT2D eigenvalue weighted by atomic mass is 79.9. The second-order valence-corrected chi connectivity index (χ2v) is 5.78. The highest BCUT2D eigenvalue weighted by Crippen LogP contribution is 2.39. The molecule has 1 aliphatic rings. The maximum Gasteiger partial charge on any atom is 0.119 e. The molecule has 0 bridgehead atoms. The van der Waals surface area contributed by atoms with Gasteiger partial charge in [-0.05, 0) is 54.9 Å². The maximum absolute atomic E-state index is 10.2. The van der Waals surface area contributed by atoms with Gasteiger partial charge < -0.3 is 9.84 Å². The van der Waals surface area contributed by atoms with E-state index in [1.807, 2.05) is 18.2 Å². The van der Waals surface area contributed by atoms with Gasteiger partial charge in [0.25, 0.3) is 0 Å². The molecule has 0 heterocycles. The summed E-state index contributed by atoms with van der Waals surface area (Å²) in [6.07, 6.45) is 2.98. The average molecular weight is 299 g/mol. The molecule has 0 radical (unpaired) electrons. The molecule has 0 amide bonds. The lowest BCUT2D eigenvalue weighted by atomic mass is 9.94. The summed E-state index contributed by atoms with van der Waals surface area (Å²) in [5.74, 6) is 1.97. The first kappa shape index (κ1) is 12.9. The van der Waals surface area contributed by atoms with Gasteiger partial charge in [0.2, 0.25) is 0 Å². The minimum absolute atomic E-state index is 0.258. The van der Waals surface area contributed by atoms with Gasteiger partial charge >= 0.3 is 0 Å². The average Bonchev–Trinajstić information content (AvgIpc) is 3.15. The molecule has 1 N–H and O–H groups in total. The van der Waals surface area contributed by atoms with Crippen molar-refractivity contribution in [1.82, 2.24) is 0 Å². The minimum atomic E-state index is -0.258. The Bertz CT molecular complexity index is 388. The van der Waals surface area contributed by atoms with Crippen LogP contribution in [0, 0.1) is 11.8 Å². The Morgan fingerprint density at radius 3 is 2.76 bits per heavy atom. The molecular formula is C14H19BrO2. The van der Waals surface area contributed by atoms with E-state index in [1.165, 1.54) is 12.8 Å². The van der Waals surface area contributed by atoms with Crippen LogP contribution in [-0.4, -0.2) is 18.3 Å². The van der Waals surface area contributed by atoms with Crippen molar-refractivity contribution in [1.29, 1.82) is 0 Å². The van der Waals surface area contributed by atoms with E-state index in [-0.39, 0.29) is 6.10 Å². The molecule has 1 saturated carbocycles. The third-order valence-corrected chi connectivity index (χ3v) is 4.43. The summed E-state index contributed by atoms with van der Waals surface area (Å²) < 4.78 is 6.25. The molecule has 0 aromatic heterocycles. The van der Waals surface area contributed by atoms with Crippen molar-refractivity contribution >= 4 is 15.9 Å². The van der Waals surface area contributed by atoms with Crippen LogP contribution in [0.2, 0.25) is 0 Å². The molecule has 2 atom stereocenters. The zero-order valence-electron chi connectivity index (χ0n) is 10.3. The Balaban J connectivity index is 2.05. The number of methoxy groups -OCH3 is 1.